The zero-order valence-electron chi connectivity index (χ0n) is 17.4. The van der Waals surface area contributed by atoms with Crippen LogP contribution in [0, 0.1) is 0 Å². The molecule has 160 valence electrons. The van der Waals surface area contributed by atoms with E-state index in [1.54, 1.807) is 23.1 Å². The summed E-state index contributed by atoms with van der Waals surface area (Å²) in [5, 5.41) is 0. The van der Waals surface area contributed by atoms with Crippen LogP contribution in [-0.2, 0) is 29.0 Å². The smallest absolute Gasteiger partial charge is 0.261 e. The predicted molar refractivity (Wildman–Crippen MR) is 113 cm³/mol. The number of nitrogens with one attached hydrogen (secondary N) is 1. The maximum Gasteiger partial charge on any atom is 0.261 e. The zero-order valence-corrected chi connectivity index (χ0v) is 17.4. The van der Waals surface area contributed by atoms with Gasteiger partial charge in [-0.3, -0.25) is 19.3 Å². The van der Waals surface area contributed by atoms with Gasteiger partial charge in [0.15, 0.2) is 0 Å². The van der Waals surface area contributed by atoms with Crippen molar-refractivity contribution in [3.63, 3.8) is 0 Å². The van der Waals surface area contributed by atoms with Crippen LogP contribution in [0.4, 0.5) is 0 Å². The Bertz CT molecular complexity index is 1040. The minimum Gasteiger partial charge on any atom is -0.493 e. The Morgan fingerprint density at radius 2 is 1.84 bits per heavy atom. The molecule has 1 fully saturated rings. The maximum absolute atomic E-state index is 12.8. The van der Waals surface area contributed by atoms with Crippen LogP contribution in [-0.4, -0.2) is 66.9 Å². The number of nitrogens with zero attached hydrogens (tertiary/aromatic N) is 2. The second-order valence-corrected chi connectivity index (χ2v) is 8.47. The summed E-state index contributed by atoms with van der Waals surface area (Å²) in [6, 6.07) is 13.5. The van der Waals surface area contributed by atoms with Crippen LogP contribution in [0.3, 0.4) is 0 Å². The number of piperazine rings is 1. The highest BCUT2D eigenvalue weighted by molar-refractivity contribution is 6.11. The first-order valence-corrected chi connectivity index (χ1v) is 10.9. The lowest BCUT2D eigenvalue weighted by Crippen LogP contribution is -3.13. The molecule has 3 amide bonds. The zero-order chi connectivity index (χ0) is 21.4. The normalized spacial score (nSPS) is 18.6. The van der Waals surface area contributed by atoms with Crippen LogP contribution in [0.15, 0.2) is 42.5 Å². The van der Waals surface area contributed by atoms with Crippen LogP contribution in [0.2, 0.25) is 0 Å². The van der Waals surface area contributed by atoms with Crippen molar-refractivity contribution in [2.24, 2.45) is 0 Å². The number of benzene rings is 2. The summed E-state index contributed by atoms with van der Waals surface area (Å²) in [6.07, 6.45) is 1.14. The lowest BCUT2D eigenvalue weighted by molar-refractivity contribution is -0.917. The minimum atomic E-state index is -0.370. The molecule has 1 saturated heterocycles. The molecule has 0 bridgehead atoms. The molecule has 3 aliphatic heterocycles. The molecule has 5 rings (SSSR count). The van der Waals surface area contributed by atoms with Crippen molar-refractivity contribution in [2.45, 2.75) is 19.4 Å². The first kappa shape index (κ1) is 19.8. The van der Waals surface area contributed by atoms with Crippen molar-refractivity contribution >= 4 is 17.7 Å². The van der Waals surface area contributed by atoms with E-state index in [1.165, 1.54) is 16.0 Å². The van der Waals surface area contributed by atoms with E-state index in [-0.39, 0.29) is 30.7 Å². The van der Waals surface area contributed by atoms with Crippen molar-refractivity contribution in [1.29, 1.82) is 0 Å². The van der Waals surface area contributed by atoms with Gasteiger partial charge in [0.05, 0.1) is 39.2 Å². The van der Waals surface area contributed by atoms with Gasteiger partial charge in [-0.1, -0.05) is 18.2 Å². The molecule has 0 atom stereocenters. The maximum atomic E-state index is 12.8. The number of rotatable bonds is 4. The lowest BCUT2D eigenvalue weighted by Gasteiger charge is -2.34. The molecule has 7 heteroatoms. The number of hydrogen-bond acceptors (Lipinski definition) is 4. The van der Waals surface area contributed by atoms with Gasteiger partial charge < -0.3 is 14.5 Å². The molecule has 1 N–H and O–H groups in total. The fraction of sp³-hybridized carbons (Fsp3) is 0.375. The van der Waals surface area contributed by atoms with Crippen molar-refractivity contribution in [2.75, 3.05) is 39.3 Å². The first-order valence-electron chi connectivity index (χ1n) is 10.9. The number of hydrogen-bond donors (Lipinski definition) is 1. The van der Waals surface area contributed by atoms with E-state index in [0.29, 0.717) is 18.7 Å². The van der Waals surface area contributed by atoms with E-state index >= 15 is 0 Å². The monoisotopic (exact) mass is 420 g/mol. The van der Waals surface area contributed by atoms with E-state index in [0.717, 1.165) is 48.9 Å². The van der Waals surface area contributed by atoms with E-state index in [2.05, 4.69) is 18.2 Å². The Kier molecular flexibility index (Phi) is 5.19. The molecule has 3 aliphatic rings. The summed E-state index contributed by atoms with van der Waals surface area (Å²) in [7, 11) is 0. The molecule has 0 aromatic heterocycles. The number of imide groups is 1. The topological polar surface area (TPSA) is 71.4 Å². The molecule has 0 saturated carbocycles. The number of carbonyl (C=O) groups is 3. The Morgan fingerprint density at radius 3 is 2.68 bits per heavy atom. The summed E-state index contributed by atoms with van der Waals surface area (Å²) in [5.74, 6) is 0.167. The molecular formula is C24H26N3O4+. The molecule has 7 nitrogen and oxygen atoms in total. The largest absolute Gasteiger partial charge is 0.493 e. The lowest BCUT2D eigenvalue weighted by atomic mass is 9.98. The SMILES string of the molecule is O=C(CN1C(=O)Cc2ccccc2C1=O)N1CC[NH+](Cc2ccc3c(c2)CCO3)CC1. The third-order valence-electron chi connectivity index (χ3n) is 6.46. The number of quaternary nitrogens is 1. The Balaban J connectivity index is 1.16. The molecule has 0 unspecified atom stereocenters. The van der Waals surface area contributed by atoms with Crippen LogP contribution in [0.5, 0.6) is 5.75 Å². The van der Waals surface area contributed by atoms with Crippen LogP contribution in [0.1, 0.15) is 27.0 Å². The summed E-state index contributed by atoms with van der Waals surface area (Å²) >= 11 is 0. The van der Waals surface area contributed by atoms with Crippen molar-refractivity contribution in [3.8, 4) is 5.75 Å². The number of ether oxygens (including phenoxy) is 1. The summed E-state index contributed by atoms with van der Waals surface area (Å²) < 4.78 is 5.58. The fourth-order valence-corrected chi connectivity index (χ4v) is 4.68. The van der Waals surface area contributed by atoms with Gasteiger partial charge in [0, 0.05) is 17.5 Å². The van der Waals surface area contributed by atoms with Gasteiger partial charge in [-0.25, -0.2) is 0 Å². The second-order valence-electron chi connectivity index (χ2n) is 8.47. The van der Waals surface area contributed by atoms with Gasteiger partial charge in [-0.05, 0) is 35.4 Å². The average molecular weight is 420 g/mol. The molecule has 2 aromatic carbocycles. The minimum absolute atomic E-state index is 0.158. The van der Waals surface area contributed by atoms with E-state index in [9.17, 15) is 14.4 Å². The first-order chi connectivity index (χ1) is 15.1. The number of amides is 3. The Morgan fingerprint density at radius 1 is 1.03 bits per heavy atom. The third-order valence-corrected chi connectivity index (χ3v) is 6.46. The van der Waals surface area contributed by atoms with Crippen molar-refractivity contribution in [3.05, 3.63) is 64.7 Å². The standard InChI is InChI=1S/C24H25N3O4/c28-22-14-18-3-1-2-4-20(18)24(30)27(22)16-23(29)26-10-8-25(9-11-26)15-17-5-6-21-19(13-17)7-12-31-21/h1-6,13H,7-12,14-16H2/p+1. The van der Waals surface area contributed by atoms with Gasteiger partial charge in [-0.15, -0.1) is 0 Å². The van der Waals surface area contributed by atoms with Gasteiger partial charge in [-0.2, -0.15) is 0 Å². The number of fused-ring (bicyclic) bond motifs is 2. The summed E-state index contributed by atoms with van der Waals surface area (Å²) in [4.78, 5) is 42.3. The van der Waals surface area contributed by atoms with Crippen LogP contribution in [0.25, 0.3) is 0 Å². The van der Waals surface area contributed by atoms with E-state index in [4.69, 9.17) is 4.74 Å². The molecule has 0 spiro atoms. The molecule has 2 aromatic rings. The fourth-order valence-electron chi connectivity index (χ4n) is 4.68. The van der Waals surface area contributed by atoms with E-state index in [1.807, 2.05) is 6.07 Å². The highest BCUT2D eigenvalue weighted by Crippen LogP contribution is 2.25. The van der Waals surface area contributed by atoms with Crippen molar-refractivity contribution in [1.82, 2.24) is 9.80 Å². The molecule has 3 heterocycles. The van der Waals surface area contributed by atoms with E-state index < -0.39 is 0 Å². The molecule has 0 aliphatic carbocycles. The van der Waals surface area contributed by atoms with Crippen molar-refractivity contribution < 1.29 is 24.0 Å². The van der Waals surface area contributed by atoms with Crippen LogP contribution < -0.4 is 9.64 Å². The van der Waals surface area contributed by atoms with Gasteiger partial charge in [0.1, 0.15) is 18.8 Å². The Hall–Kier alpha value is -3.19. The summed E-state index contributed by atoms with van der Waals surface area (Å²) in [6.45, 7) is 4.49. The Labute approximate surface area is 181 Å². The van der Waals surface area contributed by atoms with Crippen LogP contribution >= 0.6 is 0 Å². The van der Waals surface area contributed by atoms with Gasteiger partial charge in [0.25, 0.3) is 5.91 Å². The third kappa shape index (κ3) is 3.93. The van der Waals surface area contributed by atoms with Gasteiger partial charge >= 0.3 is 0 Å². The highest BCUT2D eigenvalue weighted by Gasteiger charge is 2.34. The second kappa shape index (κ2) is 8.15. The molecular weight excluding hydrogens is 394 g/mol. The number of carbonyl (C=O) groups excluding carboxylic acids is 3. The quantitative estimate of drug-likeness (QED) is 0.711. The highest BCUT2D eigenvalue weighted by atomic mass is 16.5. The summed E-state index contributed by atoms with van der Waals surface area (Å²) in [5.41, 5.74) is 3.82. The molecule has 31 heavy (non-hydrogen) atoms. The average Bonchev–Trinajstić information content (AvgIpc) is 3.25. The molecule has 0 radical (unpaired) electrons. The predicted octanol–water partition coefficient (Wildman–Crippen LogP) is 0.0737. The van der Waals surface area contributed by atoms with Gasteiger partial charge in [0.2, 0.25) is 11.8 Å².